The van der Waals surface area contributed by atoms with Gasteiger partial charge in [-0.2, -0.15) is 0 Å². The van der Waals surface area contributed by atoms with Crippen molar-refractivity contribution in [2.75, 3.05) is 11.9 Å². The summed E-state index contributed by atoms with van der Waals surface area (Å²) in [6.07, 6.45) is 1.72. The minimum Gasteiger partial charge on any atom is -0.492 e. The lowest BCUT2D eigenvalue weighted by molar-refractivity contribution is -0.116. The molecule has 9 heteroatoms. The number of aromatic nitrogens is 5. The lowest BCUT2D eigenvalue weighted by atomic mass is 10.0. The Morgan fingerprint density at radius 3 is 2.28 bits per heavy atom. The Balaban J connectivity index is 1.36. The fraction of sp³-hybridized carbons (Fsp3) is 0.118. The molecule has 0 bridgehead atoms. The van der Waals surface area contributed by atoms with Crippen molar-refractivity contribution >= 4 is 11.6 Å². The summed E-state index contributed by atoms with van der Waals surface area (Å²) in [6, 6.07) is 33.6. The minimum absolute atomic E-state index is 0.0433. The van der Waals surface area contributed by atoms with E-state index < -0.39 is 0 Å². The quantitative estimate of drug-likeness (QED) is 0.197. The molecule has 0 unspecified atom stereocenters. The average molecular weight is 573 g/mol. The SMILES string of the molecule is CCOc1ccccc1NC(=O)Cn1cc(Cn2c(-c3ccccc3F)nc(-c3ccccc3)c2-c2ccccc2)nn1. The molecule has 214 valence electrons. The average Bonchev–Trinajstić information content (AvgIpc) is 3.63. The van der Waals surface area contributed by atoms with E-state index in [-0.39, 0.29) is 24.8 Å². The van der Waals surface area contributed by atoms with Gasteiger partial charge in [0.05, 0.1) is 42.0 Å². The molecule has 2 heterocycles. The van der Waals surface area contributed by atoms with Crippen molar-refractivity contribution in [3.05, 3.63) is 127 Å². The van der Waals surface area contributed by atoms with E-state index >= 15 is 4.39 Å². The summed E-state index contributed by atoms with van der Waals surface area (Å²) in [5.74, 6) is 0.423. The lowest BCUT2D eigenvalue weighted by Gasteiger charge is -2.12. The molecule has 0 aliphatic heterocycles. The highest BCUT2D eigenvalue weighted by Gasteiger charge is 2.23. The van der Waals surface area contributed by atoms with Crippen molar-refractivity contribution in [1.29, 1.82) is 0 Å². The van der Waals surface area contributed by atoms with Gasteiger partial charge >= 0.3 is 0 Å². The molecule has 0 saturated carbocycles. The highest BCUT2D eigenvalue weighted by molar-refractivity contribution is 5.92. The number of amides is 1. The summed E-state index contributed by atoms with van der Waals surface area (Å²) in [4.78, 5) is 17.9. The monoisotopic (exact) mass is 572 g/mol. The number of para-hydroxylation sites is 2. The first kappa shape index (κ1) is 27.6. The van der Waals surface area contributed by atoms with Crippen molar-refractivity contribution in [3.8, 4) is 39.7 Å². The third-order valence-electron chi connectivity index (χ3n) is 6.85. The first-order valence-electron chi connectivity index (χ1n) is 14.0. The number of ether oxygens (including phenoxy) is 1. The molecular weight excluding hydrogens is 543 g/mol. The molecule has 6 rings (SSSR count). The predicted molar refractivity (Wildman–Crippen MR) is 164 cm³/mol. The van der Waals surface area contributed by atoms with Crippen LogP contribution in [-0.4, -0.2) is 37.1 Å². The van der Waals surface area contributed by atoms with E-state index in [1.54, 1.807) is 36.5 Å². The van der Waals surface area contributed by atoms with Gasteiger partial charge in [0.1, 0.15) is 29.6 Å². The molecular formula is C34H29FN6O2. The second kappa shape index (κ2) is 12.5. The van der Waals surface area contributed by atoms with Crippen LogP contribution in [0, 0.1) is 5.82 Å². The van der Waals surface area contributed by atoms with Crippen molar-refractivity contribution in [3.63, 3.8) is 0 Å². The Bertz CT molecular complexity index is 1850. The number of hydrogen-bond acceptors (Lipinski definition) is 5. The molecule has 0 saturated heterocycles. The van der Waals surface area contributed by atoms with Gasteiger partial charge in [0.25, 0.3) is 0 Å². The van der Waals surface area contributed by atoms with Gasteiger partial charge in [0.15, 0.2) is 0 Å². The van der Waals surface area contributed by atoms with E-state index in [1.165, 1.54) is 10.7 Å². The number of benzene rings is 4. The number of imidazole rings is 1. The molecule has 0 spiro atoms. The number of anilines is 1. The highest BCUT2D eigenvalue weighted by Crippen LogP contribution is 2.37. The summed E-state index contributed by atoms with van der Waals surface area (Å²) in [6.45, 7) is 2.58. The maximum atomic E-state index is 15.2. The molecule has 0 fully saturated rings. The van der Waals surface area contributed by atoms with Gasteiger partial charge in [0, 0.05) is 11.1 Å². The molecule has 4 aromatic carbocycles. The summed E-state index contributed by atoms with van der Waals surface area (Å²) in [7, 11) is 0. The number of carbonyl (C=O) groups excluding carboxylic acids is 1. The van der Waals surface area contributed by atoms with Gasteiger partial charge in [-0.05, 0) is 31.2 Å². The van der Waals surface area contributed by atoms with E-state index in [0.29, 0.717) is 35.1 Å². The second-order valence-electron chi connectivity index (χ2n) is 9.82. The summed E-state index contributed by atoms with van der Waals surface area (Å²) < 4.78 is 24.3. The molecule has 0 atom stereocenters. The van der Waals surface area contributed by atoms with Gasteiger partial charge in [-0.15, -0.1) is 5.10 Å². The van der Waals surface area contributed by atoms with Crippen LogP contribution < -0.4 is 10.1 Å². The van der Waals surface area contributed by atoms with Crippen LogP contribution in [0.2, 0.25) is 0 Å². The van der Waals surface area contributed by atoms with Crippen molar-refractivity contribution < 1.29 is 13.9 Å². The minimum atomic E-state index is -0.374. The van der Waals surface area contributed by atoms with E-state index in [9.17, 15) is 4.79 Å². The zero-order chi connectivity index (χ0) is 29.6. The maximum absolute atomic E-state index is 15.2. The summed E-state index contributed by atoms with van der Waals surface area (Å²) in [5, 5.41) is 11.4. The molecule has 6 aromatic rings. The normalized spacial score (nSPS) is 10.9. The number of nitrogens with one attached hydrogen (secondary N) is 1. The van der Waals surface area contributed by atoms with Gasteiger partial charge in [-0.1, -0.05) is 90.1 Å². The zero-order valence-electron chi connectivity index (χ0n) is 23.5. The van der Waals surface area contributed by atoms with Crippen molar-refractivity contribution in [2.45, 2.75) is 20.0 Å². The standard InChI is InChI=1S/C34H29FN6O2/c1-2-43-30-20-12-11-19-29(30)36-31(42)23-40-21-26(38-39-40)22-41-33(25-15-7-4-8-16-25)32(24-13-5-3-6-14-24)37-34(41)27-17-9-10-18-28(27)35/h3-21H,2,22-23H2,1H3,(H,36,42). The van der Waals surface area contributed by atoms with E-state index in [4.69, 9.17) is 9.72 Å². The van der Waals surface area contributed by atoms with Crippen LogP contribution >= 0.6 is 0 Å². The third kappa shape index (κ3) is 6.06. The molecule has 1 N–H and O–H groups in total. The molecule has 0 aliphatic rings. The van der Waals surface area contributed by atoms with Crippen molar-refractivity contribution in [2.24, 2.45) is 0 Å². The Morgan fingerprint density at radius 1 is 0.860 bits per heavy atom. The summed E-state index contributed by atoms with van der Waals surface area (Å²) >= 11 is 0. The Kier molecular flexibility index (Phi) is 8.04. The molecule has 43 heavy (non-hydrogen) atoms. The van der Waals surface area contributed by atoms with Gasteiger partial charge in [0.2, 0.25) is 5.91 Å². The van der Waals surface area contributed by atoms with E-state index in [0.717, 1.165) is 22.5 Å². The van der Waals surface area contributed by atoms with Crippen LogP contribution in [0.25, 0.3) is 33.9 Å². The Labute approximate surface area is 248 Å². The number of carbonyl (C=O) groups is 1. The number of hydrogen-bond donors (Lipinski definition) is 1. The van der Waals surface area contributed by atoms with Crippen LogP contribution in [0.5, 0.6) is 5.75 Å². The van der Waals surface area contributed by atoms with Crippen molar-refractivity contribution in [1.82, 2.24) is 24.5 Å². The maximum Gasteiger partial charge on any atom is 0.246 e. The Hall–Kier alpha value is -5.57. The highest BCUT2D eigenvalue weighted by atomic mass is 19.1. The summed E-state index contributed by atoms with van der Waals surface area (Å²) in [5.41, 5.74) is 4.94. The van der Waals surface area contributed by atoms with Crippen LogP contribution in [0.15, 0.2) is 115 Å². The predicted octanol–water partition coefficient (Wildman–Crippen LogP) is 6.70. The van der Waals surface area contributed by atoms with Gasteiger partial charge in [-0.25, -0.2) is 14.1 Å². The number of rotatable bonds is 10. The fourth-order valence-electron chi connectivity index (χ4n) is 4.98. The second-order valence-corrected chi connectivity index (χ2v) is 9.82. The number of halogens is 1. The largest absolute Gasteiger partial charge is 0.492 e. The van der Waals surface area contributed by atoms with Crippen LogP contribution in [0.1, 0.15) is 12.6 Å². The van der Waals surface area contributed by atoms with Gasteiger partial charge < -0.3 is 14.6 Å². The Morgan fingerprint density at radius 2 is 1.53 bits per heavy atom. The molecule has 2 aromatic heterocycles. The molecule has 0 aliphatic carbocycles. The topological polar surface area (TPSA) is 86.9 Å². The van der Waals surface area contributed by atoms with E-state index in [2.05, 4.69) is 15.6 Å². The van der Waals surface area contributed by atoms with Crippen LogP contribution in [0.3, 0.4) is 0 Å². The first-order valence-corrected chi connectivity index (χ1v) is 14.0. The van der Waals surface area contributed by atoms with Gasteiger partial charge in [-0.3, -0.25) is 4.79 Å². The van der Waals surface area contributed by atoms with Crippen LogP contribution in [-0.2, 0) is 17.9 Å². The fourth-order valence-corrected chi connectivity index (χ4v) is 4.98. The number of nitrogens with zero attached hydrogens (tertiary/aromatic N) is 5. The zero-order valence-corrected chi connectivity index (χ0v) is 23.5. The smallest absolute Gasteiger partial charge is 0.246 e. The molecule has 0 radical (unpaired) electrons. The van der Waals surface area contributed by atoms with E-state index in [1.807, 2.05) is 84.3 Å². The lowest BCUT2D eigenvalue weighted by Crippen LogP contribution is -2.19. The third-order valence-corrected chi connectivity index (χ3v) is 6.85. The first-order chi connectivity index (χ1) is 21.1. The molecule has 1 amide bonds. The molecule has 8 nitrogen and oxygen atoms in total. The van der Waals surface area contributed by atoms with Crippen LogP contribution in [0.4, 0.5) is 10.1 Å².